The third-order valence-electron chi connectivity index (χ3n) is 12.4. The molecule has 1 aliphatic rings. The predicted octanol–water partition coefficient (Wildman–Crippen LogP) is -1.48. The Bertz CT molecular complexity index is 2360. The Kier molecular flexibility index (Phi) is 22.8. The Morgan fingerprint density at radius 3 is 1.95 bits per heavy atom. The molecule has 0 unspecified atom stereocenters. The highest BCUT2D eigenvalue weighted by Gasteiger charge is 2.40. The van der Waals surface area contributed by atoms with Gasteiger partial charge in [0.1, 0.15) is 53.8 Å². The van der Waals surface area contributed by atoms with Crippen molar-refractivity contribution in [1.29, 1.82) is 0 Å². The molecule has 8 atom stereocenters. The highest BCUT2D eigenvalue weighted by molar-refractivity contribution is 5.98. The number of phenols is 1. The van der Waals surface area contributed by atoms with Gasteiger partial charge >= 0.3 is 0 Å². The normalized spacial score (nSPS) is 16.0. The highest BCUT2D eigenvalue weighted by Crippen LogP contribution is 2.22. The van der Waals surface area contributed by atoms with Crippen LogP contribution in [-0.2, 0) is 62.4 Å². The van der Waals surface area contributed by atoms with E-state index in [0.717, 1.165) is 0 Å². The first-order valence-electron chi connectivity index (χ1n) is 24.4. The number of benzene rings is 1. The summed E-state index contributed by atoms with van der Waals surface area (Å²) < 4.78 is 0. The van der Waals surface area contributed by atoms with Crippen LogP contribution in [0.1, 0.15) is 102 Å². The summed E-state index contributed by atoms with van der Waals surface area (Å²) in [4.78, 5) is 140. The number of guanidine groups is 1. The number of likely N-dealkylation sites (tertiary alicyclic amines) is 1. The number of nitrogens with zero attached hydrogens (tertiary/aromatic N) is 4. The van der Waals surface area contributed by atoms with Crippen LogP contribution in [0.2, 0.25) is 0 Å². The van der Waals surface area contributed by atoms with Crippen LogP contribution in [0.4, 0.5) is 0 Å². The second kappa shape index (κ2) is 28.9. The number of aromatic nitrogens is 4. The second-order valence-corrected chi connectivity index (χ2v) is 18.3. The Hall–Kier alpha value is -7.86. The molecule has 2 aromatic heterocycles. The fourth-order valence-electron chi connectivity index (χ4n) is 8.10. The zero-order valence-electron chi connectivity index (χ0n) is 41.8. The largest absolute Gasteiger partial charge is 0.508 e. The predicted molar refractivity (Wildman–Crippen MR) is 266 cm³/mol. The maximum atomic E-state index is 14.7. The molecule has 3 heterocycles. The summed E-state index contributed by atoms with van der Waals surface area (Å²) in [6.45, 7) is 6.64. The number of Topliss-reactive ketones (excluding diaryl/α,β-unsaturated/α-hetero) is 1. The van der Waals surface area contributed by atoms with Crippen molar-refractivity contribution in [3.05, 3.63) is 66.3 Å². The van der Waals surface area contributed by atoms with E-state index in [1.54, 1.807) is 26.0 Å². The number of carbonyl (C=O) groups is 9. The molecule has 1 aliphatic heterocycles. The van der Waals surface area contributed by atoms with Crippen molar-refractivity contribution >= 4 is 59.0 Å². The number of amides is 8. The van der Waals surface area contributed by atoms with Gasteiger partial charge in [-0.05, 0) is 76.0 Å². The lowest BCUT2D eigenvalue weighted by atomic mass is 9.96. The van der Waals surface area contributed by atoms with E-state index >= 15 is 0 Å². The number of phenolic OH excluding ortho intramolecular Hbond substituents is 1. The van der Waals surface area contributed by atoms with Crippen LogP contribution < -0.4 is 49.1 Å². The van der Waals surface area contributed by atoms with Gasteiger partial charge in [-0.1, -0.05) is 32.4 Å². The molecule has 1 fully saturated rings. The average Bonchev–Trinajstić information content (AvgIpc) is 4.17. The lowest BCUT2D eigenvalue weighted by Gasteiger charge is -2.32. The van der Waals surface area contributed by atoms with Crippen LogP contribution in [0.25, 0.3) is 0 Å². The van der Waals surface area contributed by atoms with Gasteiger partial charge in [0.05, 0.1) is 12.7 Å². The fraction of sp³-hybridized carbons (Fsp3) is 0.542. The number of aromatic amines is 2. The molecule has 0 aliphatic carbocycles. The van der Waals surface area contributed by atoms with Gasteiger partial charge in [-0.15, -0.1) is 0 Å². The molecule has 398 valence electrons. The van der Waals surface area contributed by atoms with Gasteiger partial charge in [0.15, 0.2) is 5.96 Å². The quantitative estimate of drug-likeness (QED) is 0.0206. The van der Waals surface area contributed by atoms with E-state index in [9.17, 15) is 48.3 Å². The lowest BCUT2D eigenvalue weighted by molar-refractivity contribution is -0.142. The maximum absolute atomic E-state index is 14.7. The molecule has 15 N–H and O–H groups in total. The molecule has 8 amide bonds. The maximum Gasteiger partial charge on any atom is 0.246 e. The van der Waals surface area contributed by atoms with Gasteiger partial charge in [0.25, 0.3) is 0 Å². The van der Waals surface area contributed by atoms with E-state index in [2.05, 4.69) is 56.8 Å². The van der Waals surface area contributed by atoms with Crippen LogP contribution in [0.3, 0.4) is 0 Å². The number of imidazole rings is 2. The van der Waals surface area contributed by atoms with Crippen molar-refractivity contribution in [2.45, 2.75) is 147 Å². The number of H-pyrrole nitrogens is 2. The topological polar surface area (TPSA) is 397 Å². The number of carbonyl (C=O) groups excluding carboxylic acids is 9. The van der Waals surface area contributed by atoms with Crippen LogP contribution in [0.15, 0.2) is 54.3 Å². The number of aromatic hydroxyl groups is 1. The minimum atomic E-state index is -1.31. The standard InChI is InChI=1S/C48H71N15O10/c1-5-27(2)40(62-42(68)29(4)57-44(70)36(22-32-24-53-26-56-32)58-39(66)13-7-6-10-28(3)64)46(72)61-37(20-30-14-16-33(65)17-15-30)47(73)63-19-9-12-38(63)45(71)59-34(11-8-18-54-48(50)51)43(69)60-35(41(49)67)21-31-23-52-25-55-31/h14-17,23-27,29,34-38,40,65H,5-13,18-22H2,1-4H3,(H2,49,67)(H,52,55)(H,53,56)(H,57,70)(H,58,66)(H,59,71)(H,60,69)(H,61,72)(H,62,68)(H4,50,51,54)/t27-,29-,34-,35-,36-,37-,38-,40-/m0/s1. The summed E-state index contributed by atoms with van der Waals surface area (Å²) in [5.74, 6) is -6.15. The Morgan fingerprint density at radius 1 is 0.740 bits per heavy atom. The smallest absolute Gasteiger partial charge is 0.246 e. The van der Waals surface area contributed by atoms with E-state index in [0.29, 0.717) is 49.1 Å². The van der Waals surface area contributed by atoms with Gasteiger partial charge in [0.2, 0.25) is 47.3 Å². The number of hydrogen-bond acceptors (Lipinski definition) is 13. The fourth-order valence-corrected chi connectivity index (χ4v) is 8.10. The summed E-state index contributed by atoms with van der Waals surface area (Å²) in [6.07, 6.45) is 8.30. The van der Waals surface area contributed by atoms with Gasteiger partial charge in [-0.2, -0.15) is 0 Å². The molecule has 0 bridgehead atoms. The number of nitrogens with one attached hydrogen (secondary N) is 8. The van der Waals surface area contributed by atoms with Gasteiger partial charge in [0, 0.05) is 69.0 Å². The highest BCUT2D eigenvalue weighted by atomic mass is 16.3. The first-order valence-corrected chi connectivity index (χ1v) is 24.4. The van der Waals surface area contributed by atoms with E-state index in [1.807, 2.05) is 0 Å². The van der Waals surface area contributed by atoms with Crippen LogP contribution in [0.5, 0.6) is 5.75 Å². The first kappa shape index (κ1) is 57.7. The van der Waals surface area contributed by atoms with Crippen molar-refractivity contribution in [3.8, 4) is 5.75 Å². The van der Waals surface area contributed by atoms with Gasteiger partial charge in [-0.25, -0.2) is 9.97 Å². The number of ketones is 1. The second-order valence-electron chi connectivity index (χ2n) is 18.3. The van der Waals surface area contributed by atoms with E-state index in [-0.39, 0.29) is 75.5 Å². The molecule has 4 rings (SSSR count). The summed E-state index contributed by atoms with van der Waals surface area (Å²) in [6, 6.07) is -2.37. The number of primary amides is 1. The Labute approximate surface area is 423 Å². The Morgan fingerprint density at radius 2 is 1.36 bits per heavy atom. The van der Waals surface area contributed by atoms with Crippen LogP contribution in [0, 0.1) is 5.92 Å². The summed E-state index contributed by atoms with van der Waals surface area (Å²) in [5, 5.41) is 26.2. The lowest BCUT2D eigenvalue weighted by Crippen LogP contribution is -2.61. The third-order valence-corrected chi connectivity index (χ3v) is 12.4. The monoisotopic (exact) mass is 1020 g/mol. The number of hydrogen-bond donors (Lipinski definition) is 12. The van der Waals surface area contributed by atoms with E-state index < -0.39 is 95.5 Å². The molecule has 3 aromatic rings. The number of unbranched alkanes of at least 4 members (excludes halogenated alkanes) is 1. The number of aliphatic imine (C=N–C) groups is 1. The van der Waals surface area contributed by atoms with Gasteiger partial charge in [-0.3, -0.25) is 43.3 Å². The van der Waals surface area contributed by atoms with Crippen LogP contribution in [-0.4, -0.2) is 144 Å². The molecular weight excluding hydrogens is 947 g/mol. The van der Waals surface area contributed by atoms with Crippen molar-refractivity contribution in [1.82, 2.24) is 56.7 Å². The molecule has 25 heteroatoms. The van der Waals surface area contributed by atoms with Crippen molar-refractivity contribution < 1.29 is 48.3 Å². The number of nitrogens with two attached hydrogens (primary N) is 3. The molecule has 73 heavy (non-hydrogen) atoms. The van der Waals surface area contributed by atoms with Crippen molar-refractivity contribution in [3.63, 3.8) is 0 Å². The summed E-state index contributed by atoms with van der Waals surface area (Å²) in [7, 11) is 0. The van der Waals surface area contributed by atoms with E-state index in [1.165, 1.54) is 55.9 Å². The minimum Gasteiger partial charge on any atom is -0.508 e. The zero-order chi connectivity index (χ0) is 53.6. The summed E-state index contributed by atoms with van der Waals surface area (Å²) >= 11 is 0. The molecule has 1 saturated heterocycles. The zero-order valence-corrected chi connectivity index (χ0v) is 41.8. The van der Waals surface area contributed by atoms with Crippen molar-refractivity contribution in [2.75, 3.05) is 13.1 Å². The minimum absolute atomic E-state index is 0.00280. The molecule has 0 radical (unpaired) electrons. The molecule has 1 aromatic carbocycles. The average molecular weight is 1020 g/mol. The molecular formula is C48H71N15O10. The Balaban J connectivity index is 1.52. The summed E-state index contributed by atoms with van der Waals surface area (Å²) in [5.41, 5.74) is 18.2. The molecule has 0 saturated carbocycles. The SMILES string of the molecule is CC[C@H](C)[C@H](NC(=O)[C@H](C)NC(=O)[C@H](Cc1cnc[nH]1)NC(=O)CCCCC(C)=O)C(=O)N[C@@H](Cc1ccc(O)cc1)C(=O)N1CCC[C@H]1C(=O)N[C@@H](CCCN=C(N)N)C(=O)N[C@@H](Cc1cnc[nH]1)C(N)=O. The first-order chi connectivity index (χ1) is 34.8. The van der Waals surface area contributed by atoms with Crippen molar-refractivity contribution in [2.24, 2.45) is 28.1 Å². The van der Waals surface area contributed by atoms with E-state index in [4.69, 9.17) is 17.2 Å². The van der Waals surface area contributed by atoms with Gasteiger partial charge < -0.3 is 73.9 Å². The third kappa shape index (κ3) is 19.0. The number of rotatable bonds is 30. The van der Waals surface area contributed by atoms with Crippen LogP contribution >= 0.6 is 0 Å². The molecule has 0 spiro atoms. The molecule has 25 nitrogen and oxygen atoms in total.